The van der Waals surface area contributed by atoms with E-state index in [-0.39, 0.29) is 0 Å². The second-order valence-corrected chi connectivity index (χ2v) is 6.79. The van der Waals surface area contributed by atoms with E-state index in [0.29, 0.717) is 13.2 Å². The number of hydrogen-bond donors (Lipinski definition) is 1. The number of para-hydroxylation sites is 1. The zero-order chi connectivity index (χ0) is 17.5. The molecule has 0 amide bonds. The summed E-state index contributed by atoms with van der Waals surface area (Å²) in [4.78, 5) is 4.80. The molecule has 2 aromatic carbocycles. The van der Waals surface area contributed by atoms with E-state index < -0.39 is 6.10 Å². The molecule has 2 aromatic rings. The Balaban J connectivity index is 1.37. The summed E-state index contributed by atoms with van der Waals surface area (Å²) in [5.41, 5.74) is 2.46. The largest absolute Gasteiger partial charge is 0.491 e. The Hall–Kier alpha value is -1.88. The maximum atomic E-state index is 10.3. The molecule has 1 atom stereocenters. The van der Waals surface area contributed by atoms with Crippen molar-refractivity contribution < 1.29 is 9.84 Å². The lowest BCUT2D eigenvalue weighted by Gasteiger charge is -2.35. The van der Waals surface area contributed by atoms with Gasteiger partial charge in [0.15, 0.2) is 0 Å². The second-order valence-electron chi connectivity index (χ2n) is 6.79. The molecule has 3 rings (SSSR count). The summed E-state index contributed by atoms with van der Waals surface area (Å²) < 4.78 is 5.75. The molecule has 1 aliphatic heterocycles. The summed E-state index contributed by atoms with van der Waals surface area (Å²) in [6.07, 6.45) is -0.458. The molecule has 1 aliphatic rings. The van der Waals surface area contributed by atoms with Crippen LogP contribution in [0.3, 0.4) is 0 Å². The number of nitrogens with zero attached hydrogens (tertiary/aromatic N) is 2. The fraction of sp³-hybridized carbons (Fsp3) is 0.429. The predicted octanol–water partition coefficient (Wildman–Crippen LogP) is 2.55. The molecule has 0 saturated carbocycles. The smallest absolute Gasteiger partial charge is 0.122 e. The van der Waals surface area contributed by atoms with Gasteiger partial charge in [0.2, 0.25) is 0 Å². The molecule has 1 heterocycles. The first-order valence-electron chi connectivity index (χ1n) is 9.06. The van der Waals surface area contributed by atoms with E-state index in [1.165, 1.54) is 5.56 Å². The molecule has 134 valence electrons. The summed E-state index contributed by atoms with van der Waals surface area (Å²) in [6.45, 7) is 8.12. The summed E-state index contributed by atoms with van der Waals surface area (Å²) in [7, 11) is 0. The van der Waals surface area contributed by atoms with Gasteiger partial charge in [0.05, 0.1) is 0 Å². The molecule has 4 heteroatoms. The van der Waals surface area contributed by atoms with E-state index in [1.54, 1.807) is 0 Å². The van der Waals surface area contributed by atoms with E-state index in [1.807, 2.05) is 31.2 Å². The first-order valence-corrected chi connectivity index (χ1v) is 9.06. The highest BCUT2D eigenvalue weighted by Crippen LogP contribution is 2.16. The van der Waals surface area contributed by atoms with Crippen molar-refractivity contribution in [2.24, 2.45) is 0 Å². The molecular formula is C21H28N2O2. The van der Waals surface area contributed by atoms with Crippen LogP contribution in [0.15, 0.2) is 54.6 Å². The quantitative estimate of drug-likeness (QED) is 0.840. The predicted molar refractivity (Wildman–Crippen MR) is 101 cm³/mol. The first kappa shape index (κ1) is 17.9. The molecular weight excluding hydrogens is 312 g/mol. The SMILES string of the molecule is Cc1ccccc1OC[C@@H](O)CN1CCN(Cc2ccccc2)CC1. The average Bonchev–Trinajstić information content (AvgIpc) is 2.64. The minimum Gasteiger partial charge on any atom is -0.491 e. The van der Waals surface area contributed by atoms with Gasteiger partial charge in [-0.25, -0.2) is 0 Å². The molecule has 0 aliphatic carbocycles. The molecule has 0 spiro atoms. The number of hydrogen-bond acceptors (Lipinski definition) is 4. The molecule has 1 fully saturated rings. The molecule has 0 radical (unpaired) electrons. The third kappa shape index (κ3) is 5.56. The van der Waals surface area contributed by atoms with Gasteiger partial charge in [-0.05, 0) is 24.1 Å². The van der Waals surface area contributed by atoms with Crippen LogP contribution in [0.2, 0.25) is 0 Å². The number of benzene rings is 2. The maximum Gasteiger partial charge on any atom is 0.122 e. The lowest BCUT2D eigenvalue weighted by molar-refractivity contribution is 0.0445. The van der Waals surface area contributed by atoms with Crippen molar-refractivity contribution in [3.8, 4) is 5.75 Å². The van der Waals surface area contributed by atoms with E-state index in [0.717, 1.165) is 44.0 Å². The van der Waals surface area contributed by atoms with Crippen molar-refractivity contribution in [2.45, 2.75) is 19.6 Å². The van der Waals surface area contributed by atoms with E-state index in [4.69, 9.17) is 4.74 Å². The Morgan fingerprint density at radius 2 is 1.56 bits per heavy atom. The number of aryl methyl sites for hydroxylation is 1. The minimum atomic E-state index is -0.458. The number of aliphatic hydroxyl groups is 1. The van der Waals surface area contributed by atoms with Gasteiger partial charge in [-0.1, -0.05) is 48.5 Å². The van der Waals surface area contributed by atoms with Gasteiger partial charge in [0.25, 0.3) is 0 Å². The molecule has 4 nitrogen and oxygen atoms in total. The Bertz CT molecular complexity index is 639. The number of aliphatic hydroxyl groups excluding tert-OH is 1. The van der Waals surface area contributed by atoms with Gasteiger partial charge in [0.1, 0.15) is 18.5 Å². The molecule has 1 saturated heterocycles. The van der Waals surface area contributed by atoms with Crippen LogP contribution < -0.4 is 4.74 Å². The fourth-order valence-corrected chi connectivity index (χ4v) is 3.23. The fourth-order valence-electron chi connectivity index (χ4n) is 3.23. The molecule has 1 N–H and O–H groups in total. The molecule has 0 unspecified atom stereocenters. The van der Waals surface area contributed by atoms with Gasteiger partial charge in [-0.3, -0.25) is 9.80 Å². The number of β-amino-alcohol motifs (C(OH)–C–C–N with tert-alkyl or cyclic N) is 1. The van der Waals surface area contributed by atoms with Gasteiger partial charge in [-0.15, -0.1) is 0 Å². The highest BCUT2D eigenvalue weighted by atomic mass is 16.5. The van der Waals surface area contributed by atoms with Gasteiger partial charge in [-0.2, -0.15) is 0 Å². The lowest BCUT2D eigenvalue weighted by atomic mass is 10.2. The second kappa shape index (κ2) is 8.99. The normalized spacial score (nSPS) is 17.4. The average molecular weight is 340 g/mol. The number of ether oxygens (including phenoxy) is 1. The van der Waals surface area contributed by atoms with Crippen LogP contribution in [-0.4, -0.2) is 60.3 Å². The van der Waals surface area contributed by atoms with Crippen molar-refractivity contribution in [1.29, 1.82) is 0 Å². The van der Waals surface area contributed by atoms with Crippen LogP contribution in [0.4, 0.5) is 0 Å². The summed E-state index contributed by atoms with van der Waals surface area (Å²) in [6, 6.07) is 18.5. The Morgan fingerprint density at radius 1 is 0.920 bits per heavy atom. The summed E-state index contributed by atoms with van der Waals surface area (Å²) >= 11 is 0. The first-order chi connectivity index (χ1) is 12.2. The highest BCUT2D eigenvalue weighted by Gasteiger charge is 2.19. The van der Waals surface area contributed by atoms with E-state index >= 15 is 0 Å². The van der Waals surface area contributed by atoms with Crippen molar-refractivity contribution in [3.05, 3.63) is 65.7 Å². The Labute approximate surface area is 150 Å². The van der Waals surface area contributed by atoms with Crippen LogP contribution in [-0.2, 0) is 6.54 Å². The van der Waals surface area contributed by atoms with Crippen molar-refractivity contribution in [2.75, 3.05) is 39.3 Å². The lowest BCUT2D eigenvalue weighted by Crippen LogP contribution is -2.48. The monoisotopic (exact) mass is 340 g/mol. The number of piperazine rings is 1. The van der Waals surface area contributed by atoms with Crippen molar-refractivity contribution in [1.82, 2.24) is 9.80 Å². The summed E-state index contributed by atoms with van der Waals surface area (Å²) in [5, 5.41) is 10.3. The third-order valence-corrected chi connectivity index (χ3v) is 4.71. The van der Waals surface area contributed by atoms with Crippen LogP contribution >= 0.6 is 0 Å². The van der Waals surface area contributed by atoms with Crippen molar-refractivity contribution >= 4 is 0 Å². The van der Waals surface area contributed by atoms with Gasteiger partial charge in [0, 0.05) is 39.3 Å². The zero-order valence-electron chi connectivity index (χ0n) is 15.0. The van der Waals surface area contributed by atoms with Crippen LogP contribution in [0.1, 0.15) is 11.1 Å². The summed E-state index contributed by atoms with van der Waals surface area (Å²) in [5.74, 6) is 0.856. The number of rotatable bonds is 7. The van der Waals surface area contributed by atoms with Crippen molar-refractivity contribution in [3.63, 3.8) is 0 Å². The Morgan fingerprint density at radius 3 is 2.28 bits per heavy atom. The third-order valence-electron chi connectivity index (χ3n) is 4.71. The minimum absolute atomic E-state index is 0.342. The van der Waals surface area contributed by atoms with E-state index in [9.17, 15) is 5.11 Å². The highest BCUT2D eigenvalue weighted by molar-refractivity contribution is 5.31. The van der Waals surface area contributed by atoms with Crippen LogP contribution in [0.25, 0.3) is 0 Å². The standard InChI is InChI=1S/C21H28N2O2/c1-18-7-5-6-10-21(18)25-17-20(24)16-23-13-11-22(12-14-23)15-19-8-3-2-4-9-19/h2-10,20,24H,11-17H2,1H3/t20-/m0/s1. The van der Waals surface area contributed by atoms with Crippen LogP contribution in [0, 0.1) is 6.92 Å². The molecule has 25 heavy (non-hydrogen) atoms. The van der Waals surface area contributed by atoms with Crippen LogP contribution in [0.5, 0.6) is 5.75 Å². The maximum absolute atomic E-state index is 10.3. The molecule has 0 bridgehead atoms. The van der Waals surface area contributed by atoms with E-state index in [2.05, 4.69) is 40.1 Å². The van der Waals surface area contributed by atoms with Gasteiger partial charge < -0.3 is 9.84 Å². The molecule has 0 aromatic heterocycles. The topological polar surface area (TPSA) is 35.9 Å². The zero-order valence-corrected chi connectivity index (χ0v) is 15.0. The van der Waals surface area contributed by atoms with Gasteiger partial charge >= 0.3 is 0 Å². The Kier molecular flexibility index (Phi) is 6.45.